The van der Waals surface area contributed by atoms with E-state index in [0.717, 1.165) is 36.1 Å². The van der Waals surface area contributed by atoms with Crippen LogP contribution in [0.1, 0.15) is 58.3 Å². The summed E-state index contributed by atoms with van der Waals surface area (Å²) in [6, 6.07) is 21.8. The third-order valence-electron chi connectivity index (χ3n) is 5.85. The van der Waals surface area contributed by atoms with E-state index in [9.17, 15) is 9.59 Å². The number of benzene rings is 3. The molecule has 0 N–H and O–H groups in total. The smallest absolute Gasteiger partial charge is 0.305 e. The number of esters is 1. The molecule has 6 nitrogen and oxygen atoms in total. The molecule has 0 radical (unpaired) electrons. The summed E-state index contributed by atoms with van der Waals surface area (Å²) >= 11 is 0. The summed E-state index contributed by atoms with van der Waals surface area (Å²) in [6.07, 6.45) is 7.58. The van der Waals surface area contributed by atoms with E-state index >= 15 is 0 Å². The van der Waals surface area contributed by atoms with Crippen molar-refractivity contribution in [1.29, 1.82) is 5.26 Å². The summed E-state index contributed by atoms with van der Waals surface area (Å²) in [7, 11) is 3.00. The quantitative estimate of drug-likeness (QED) is 0.160. The van der Waals surface area contributed by atoms with Crippen LogP contribution in [0.2, 0.25) is 0 Å². The van der Waals surface area contributed by atoms with Gasteiger partial charge in [-0.1, -0.05) is 36.4 Å². The van der Waals surface area contributed by atoms with E-state index in [1.54, 1.807) is 49.6 Å². The Hall–Kier alpha value is -4.37. The zero-order valence-electron chi connectivity index (χ0n) is 21.2. The van der Waals surface area contributed by atoms with Crippen LogP contribution in [0.25, 0.3) is 6.08 Å². The van der Waals surface area contributed by atoms with Crippen LogP contribution in [0.5, 0.6) is 11.5 Å². The third-order valence-corrected chi connectivity index (χ3v) is 5.85. The number of nitrogens with zero attached hydrogens (tertiary/aromatic N) is 1. The van der Waals surface area contributed by atoms with Crippen LogP contribution in [0.15, 0.2) is 72.8 Å². The summed E-state index contributed by atoms with van der Waals surface area (Å²) in [5.41, 5.74) is 3.24. The average Bonchev–Trinajstić information content (AvgIpc) is 2.95. The van der Waals surface area contributed by atoms with Crippen molar-refractivity contribution in [3.63, 3.8) is 0 Å². The lowest BCUT2D eigenvalue weighted by Crippen LogP contribution is -2.07. The normalized spacial score (nSPS) is 10.6. The molecule has 0 saturated heterocycles. The minimum absolute atomic E-state index is 0.185. The summed E-state index contributed by atoms with van der Waals surface area (Å²) in [5, 5.41) is 9.13. The number of rotatable bonds is 13. The number of allylic oxidation sites excluding steroid dienone is 1. The molecule has 0 spiro atoms. The van der Waals surface area contributed by atoms with Gasteiger partial charge in [0.15, 0.2) is 5.78 Å². The van der Waals surface area contributed by atoms with Crippen molar-refractivity contribution >= 4 is 17.8 Å². The molecular formula is C31H31NO5. The fourth-order valence-corrected chi connectivity index (χ4v) is 3.77. The maximum Gasteiger partial charge on any atom is 0.305 e. The Balaban J connectivity index is 1.59. The van der Waals surface area contributed by atoms with Gasteiger partial charge in [0.05, 0.1) is 32.5 Å². The van der Waals surface area contributed by atoms with Crippen molar-refractivity contribution in [3.8, 4) is 17.6 Å². The molecule has 3 aromatic rings. The van der Waals surface area contributed by atoms with Gasteiger partial charge in [-0.2, -0.15) is 5.26 Å². The van der Waals surface area contributed by atoms with Crippen LogP contribution >= 0.6 is 0 Å². The van der Waals surface area contributed by atoms with Crippen LogP contribution in [-0.2, 0) is 16.0 Å². The highest BCUT2D eigenvalue weighted by atomic mass is 16.5. The Morgan fingerprint density at radius 3 is 2.46 bits per heavy atom. The van der Waals surface area contributed by atoms with Crippen LogP contribution in [0, 0.1) is 11.3 Å². The number of carbonyl (C=O) groups is 2. The molecule has 0 aromatic heterocycles. The highest BCUT2D eigenvalue weighted by Crippen LogP contribution is 2.24. The monoisotopic (exact) mass is 497 g/mol. The summed E-state index contributed by atoms with van der Waals surface area (Å²) in [5.74, 6) is 0.977. The molecule has 6 heteroatoms. The van der Waals surface area contributed by atoms with Crippen LogP contribution in [0.4, 0.5) is 0 Å². The van der Waals surface area contributed by atoms with Gasteiger partial charge in [0, 0.05) is 17.5 Å². The van der Waals surface area contributed by atoms with Crippen molar-refractivity contribution in [2.24, 2.45) is 0 Å². The summed E-state index contributed by atoms with van der Waals surface area (Å²) < 4.78 is 16.0. The van der Waals surface area contributed by atoms with Gasteiger partial charge in [-0.05, 0) is 79.3 Å². The van der Waals surface area contributed by atoms with Crippen LogP contribution in [0.3, 0.4) is 0 Å². The number of methoxy groups -OCH3 is 2. The molecule has 0 heterocycles. The van der Waals surface area contributed by atoms with E-state index in [-0.39, 0.29) is 18.2 Å². The number of hydrogen-bond donors (Lipinski definition) is 0. The molecule has 0 aliphatic carbocycles. The minimum atomic E-state index is -0.326. The Morgan fingerprint density at radius 1 is 0.946 bits per heavy atom. The lowest BCUT2D eigenvalue weighted by Gasteiger charge is -2.13. The van der Waals surface area contributed by atoms with Crippen molar-refractivity contribution in [3.05, 3.63) is 101 Å². The number of carbonyl (C=O) groups excluding carboxylic acids is 2. The average molecular weight is 498 g/mol. The second-order valence-electron chi connectivity index (χ2n) is 8.44. The van der Waals surface area contributed by atoms with Gasteiger partial charge < -0.3 is 14.2 Å². The predicted molar refractivity (Wildman–Crippen MR) is 143 cm³/mol. The minimum Gasteiger partial charge on any atom is -0.497 e. The molecule has 0 atom stereocenters. The van der Waals surface area contributed by atoms with Gasteiger partial charge >= 0.3 is 5.97 Å². The largest absolute Gasteiger partial charge is 0.497 e. The standard InChI is InChI=1S/C31H31NO5/c1-35-28-15-11-23(12-16-28)8-5-3-4-6-19-37-29-17-13-27(21-25(29)14-18-30(33)36-2)31(34)26-10-7-9-24(20-26)22-32/h5,7-13,15-17,20-21H,3-4,6,14,18-19H2,1-2H3. The van der Waals surface area contributed by atoms with Crippen molar-refractivity contribution in [1.82, 2.24) is 0 Å². The van der Waals surface area contributed by atoms with E-state index in [0.29, 0.717) is 35.5 Å². The first-order chi connectivity index (χ1) is 18.0. The Kier molecular flexibility index (Phi) is 10.5. The SMILES string of the molecule is COC(=O)CCc1cc(C(=O)c2cccc(C#N)c2)ccc1OCCCCC=Cc1ccc(OC)cc1. The maximum absolute atomic E-state index is 13.0. The van der Waals surface area contributed by atoms with Crippen molar-refractivity contribution < 1.29 is 23.8 Å². The molecule has 0 unspecified atom stereocenters. The molecule has 3 rings (SSSR count). The number of nitriles is 1. The molecule has 3 aromatic carbocycles. The Bertz CT molecular complexity index is 1270. The Labute approximate surface area is 218 Å². The van der Waals surface area contributed by atoms with Gasteiger partial charge in [0.1, 0.15) is 11.5 Å². The molecule has 0 aliphatic heterocycles. The lowest BCUT2D eigenvalue weighted by molar-refractivity contribution is -0.140. The fourth-order valence-electron chi connectivity index (χ4n) is 3.77. The lowest BCUT2D eigenvalue weighted by atomic mass is 9.98. The summed E-state index contributed by atoms with van der Waals surface area (Å²) in [6.45, 7) is 0.527. The zero-order valence-corrected chi connectivity index (χ0v) is 21.2. The molecule has 0 saturated carbocycles. The molecular weight excluding hydrogens is 466 g/mol. The first kappa shape index (κ1) is 27.2. The van der Waals surface area contributed by atoms with Gasteiger partial charge in [0.25, 0.3) is 0 Å². The second kappa shape index (κ2) is 14.3. The fraction of sp³-hybridized carbons (Fsp3) is 0.258. The van der Waals surface area contributed by atoms with E-state index in [4.69, 9.17) is 19.5 Å². The van der Waals surface area contributed by atoms with E-state index < -0.39 is 0 Å². The van der Waals surface area contributed by atoms with E-state index in [1.807, 2.05) is 24.3 Å². The highest BCUT2D eigenvalue weighted by Gasteiger charge is 2.14. The molecule has 0 fully saturated rings. The predicted octanol–water partition coefficient (Wildman–Crippen LogP) is 6.17. The number of ether oxygens (including phenoxy) is 3. The first-order valence-corrected chi connectivity index (χ1v) is 12.2. The number of aryl methyl sites for hydroxylation is 1. The molecule has 0 bridgehead atoms. The number of hydrogen-bond acceptors (Lipinski definition) is 6. The zero-order chi connectivity index (χ0) is 26.5. The Morgan fingerprint density at radius 2 is 1.73 bits per heavy atom. The van der Waals surface area contributed by atoms with E-state index in [1.165, 1.54) is 7.11 Å². The van der Waals surface area contributed by atoms with Gasteiger partial charge in [-0.15, -0.1) is 0 Å². The number of ketones is 1. The summed E-state index contributed by atoms with van der Waals surface area (Å²) in [4.78, 5) is 24.7. The topological polar surface area (TPSA) is 85.6 Å². The van der Waals surface area contributed by atoms with Crippen LogP contribution < -0.4 is 9.47 Å². The van der Waals surface area contributed by atoms with Gasteiger partial charge in [-0.25, -0.2) is 0 Å². The van der Waals surface area contributed by atoms with Crippen molar-refractivity contribution in [2.45, 2.75) is 32.1 Å². The molecule has 0 aliphatic rings. The van der Waals surface area contributed by atoms with Gasteiger partial charge in [-0.3, -0.25) is 9.59 Å². The van der Waals surface area contributed by atoms with Crippen LogP contribution in [-0.4, -0.2) is 32.6 Å². The van der Waals surface area contributed by atoms with Crippen molar-refractivity contribution in [2.75, 3.05) is 20.8 Å². The third kappa shape index (κ3) is 8.36. The second-order valence-corrected chi connectivity index (χ2v) is 8.44. The highest BCUT2D eigenvalue weighted by molar-refractivity contribution is 6.09. The van der Waals surface area contributed by atoms with Gasteiger partial charge in [0.2, 0.25) is 0 Å². The number of unbranched alkanes of at least 4 members (excludes halogenated alkanes) is 2. The first-order valence-electron chi connectivity index (χ1n) is 12.2. The molecule has 190 valence electrons. The molecule has 0 amide bonds. The maximum atomic E-state index is 13.0. The van der Waals surface area contributed by atoms with E-state index in [2.05, 4.69) is 18.2 Å². The molecule has 37 heavy (non-hydrogen) atoms.